The van der Waals surface area contributed by atoms with Gasteiger partial charge in [-0.1, -0.05) is 53.7 Å². The number of carboxylic acid groups (broad SMARTS) is 1. The van der Waals surface area contributed by atoms with Gasteiger partial charge < -0.3 is 15.9 Å². The van der Waals surface area contributed by atoms with Gasteiger partial charge in [0.1, 0.15) is 22.9 Å². The van der Waals surface area contributed by atoms with E-state index in [4.69, 9.17) is 5.73 Å². The Bertz CT molecular complexity index is 873. The molecule has 1 aromatic carbocycles. The Morgan fingerprint density at radius 1 is 1.17 bits per heavy atom. The summed E-state index contributed by atoms with van der Waals surface area (Å²) in [5, 5.41) is 20.4. The summed E-state index contributed by atoms with van der Waals surface area (Å²) in [6.07, 6.45) is 0.410. The number of benzene rings is 1. The zero-order valence-electron chi connectivity index (χ0n) is 17.9. The van der Waals surface area contributed by atoms with E-state index >= 15 is 0 Å². The van der Waals surface area contributed by atoms with Gasteiger partial charge in [-0.05, 0) is 39.5 Å². The lowest BCUT2D eigenvalue weighted by atomic mass is 9.78. The number of thioether (sulfide) groups is 1. The molecule has 6 nitrogen and oxygen atoms in total. The lowest BCUT2D eigenvalue weighted by Crippen LogP contribution is -2.68. The number of β-lactam (4-membered cyclic amide) rings is 1. The van der Waals surface area contributed by atoms with Crippen LogP contribution < -0.4 is 5.73 Å². The number of fused-ring (bicyclic) bond motifs is 1. The van der Waals surface area contributed by atoms with E-state index in [1.807, 2.05) is 53.7 Å². The Balaban J connectivity index is 2.09. The number of phenols is 1. The zero-order valence-corrected chi connectivity index (χ0v) is 18.7. The molecule has 2 aliphatic rings. The van der Waals surface area contributed by atoms with E-state index in [9.17, 15) is 19.8 Å². The number of carboxylic acids is 1. The van der Waals surface area contributed by atoms with Gasteiger partial charge in [-0.2, -0.15) is 0 Å². The lowest BCUT2D eigenvalue weighted by Gasteiger charge is -2.48. The Kier molecular flexibility index (Phi) is 5.28. The topological polar surface area (TPSA) is 104 Å². The van der Waals surface area contributed by atoms with Crippen molar-refractivity contribution in [1.29, 1.82) is 0 Å². The molecule has 3 rings (SSSR count). The van der Waals surface area contributed by atoms with Crippen LogP contribution in [0.3, 0.4) is 0 Å². The van der Waals surface area contributed by atoms with E-state index in [0.29, 0.717) is 23.5 Å². The molecule has 0 aromatic heterocycles. The van der Waals surface area contributed by atoms with Gasteiger partial charge in [0.25, 0.3) is 0 Å². The summed E-state index contributed by atoms with van der Waals surface area (Å²) in [5.74, 6) is -0.631. The van der Waals surface area contributed by atoms with Crippen molar-refractivity contribution in [2.45, 2.75) is 70.2 Å². The highest BCUT2D eigenvalue weighted by Crippen LogP contribution is 2.43. The van der Waals surface area contributed by atoms with E-state index in [0.717, 1.165) is 16.7 Å². The van der Waals surface area contributed by atoms with Crippen LogP contribution in [0.4, 0.5) is 0 Å². The maximum Gasteiger partial charge on any atom is 0.352 e. The highest BCUT2D eigenvalue weighted by Gasteiger charge is 2.51. The van der Waals surface area contributed by atoms with E-state index in [1.54, 1.807) is 0 Å². The number of nitrogens with zero attached hydrogens (tertiary/aromatic N) is 1. The second kappa shape index (κ2) is 7.06. The number of aliphatic carboxylic acids is 1. The molecule has 29 heavy (non-hydrogen) atoms. The summed E-state index contributed by atoms with van der Waals surface area (Å²) in [7, 11) is 0. The quantitative estimate of drug-likeness (QED) is 0.652. The standard InChI is InChI=1S/C22H30N2O4S/c1-21(2,3)13-8-11(9-14(17(13)25)22(4,5)6)7-12-10-29-19-15(23)18(26)24(19)16(12)20(27)28/h8-9,15,19,25H,7,10,23H2,1-6H3,(H,27,28)/t15-,19-/m1/s1. The zero-order chi connectivity index (χ0) is 21.9. The molecule has 0 bridgehead atoms. The normalized spacial score (nSPS) is 22.4. The molecule has 0 aliphatic carbocycles. The highest BCUT2D eigenvalue weighted by atomic mass is 32.2. The SMILES string of the molecule is CC(C)(C)c1cc(CC2=C(C(=O)O)N3C(=O)[C@@H](N)[C@H]3SC2)cc(C(C)(C)C)c1O. The van der Waals surface area contributed by atoms with E-state index in [1.165, 1.54) is 16.7 Å². The first kappa shape index (κ1) is 21.7. The number of carbonyl (C=O) groups excluding carboxylic acids is 1. The molecule has 1 aromatic rings. The molecule has 4 N–H and O–H groups in total. The fourth-order valence-electron chi connectivity index (χ4n) is 3.90. The van der Waals surface area contributed by atoms with Gasteiger partial charge in [-0.15, -0.1) is 11.8 Å². The van der Waals surface area contributed by atoms with Crippen LogP contribution >= 0.6 is 11.8 Å². The number of carbonyl (C=O) groups is 2. The van der Waals surface area contributed by atoms with Gasteiger partial charge in [0, 0.05) is 5.75 Å². The minimum atomic E-state index is -1.10. The summed E-state index contributed by atoms with van der Waals surface area (Å²) in [5.41, 5.74) is 8.66. The number of hydrogen-bond donors (Lipinski definition) is 3. The average Bonchev–Trinajstić information content (AvgIpc) is 2.59. The molecule has 7 heteroatoms. The summed E-state index contributed by atoms with van der Waals surface area (Å²) < 4.78 is 0. The fourth-order valence-corrected chi connectivity index (χ4v) is 5.19. The average molecular weight is 419 g/mol. The Morgan fingerprint density at radius 3 is 2.14 bits per heavy atom. The number of nitrogens with two attached hydrogens (primary N) is 1. The fraction of sp³-hybridized carbons (Fsp3) is 0.545. The third-order valence-corrected chi connectivity index (χ3v) is 6.85. The predicted octanol–water partition coefficient (Wildman–Crippen LogP) is 3.11. The van der Waals surface area contributed by atoms with E-state index < -0.39 is 12.0 Å². The first-order valence-electron chi connectivity index (χ1n) is 9.76. The second-order valence-corrected chi connectivity index (χ2v) is 11.0. The van der Waals surface area contributed by atoms with Gasteiger partial charge in [0.05, 0.1) is 0 Å². The number of phenolic OH excluding ortho intramolecular Hbond substituents is 1. The summed E-state index contributed by atoms with van der Waals surface area (Å²) in [4.78, 5) is 25.5. The minimum Gasteiger partial charge on any atom is -0.507 e. The molecule has 1 amide bonds. The molecule has 158 valence electrons. The van der Waals surface area contributed by atoms with Crippen molar-refractivity contribution in [3.8, 4) is 5.75 Å². The lowest BCUT2D eigenvalue weighted by molar-refractivity contribution is -0.148. The highest BCUT2D eigenvalue weighted by molar-refractivity contribution is 8.00. The maximum absolute atomic E-state index is 12.2. The molecule has 0 saturated carbocycles. The molecule has 0 unspecified atom stereocenters. The van der Waals surface area contributed by atoms with Crippen LogP contribution in [0.1, 0.15) is 58.2 Å². The van der Waals surface area contributed by atoms with Gasteiger partial charge >= 0.3 is 5.97 Å². The van der Waals surface area contributed by atoms with Gasteiger partial charge in [0.15, 0.2) is 0 Å². The maximum atomic E-state index is 12.2. The van der Waals surface area contributed by atoms with Crippen LogP contribution in [-0.4, -0.2) is 44.2 Å². The molecule has 1 saturated heterocycles. The van der Waals surface area contributed by atoms with Crippen molar-refractivity contribution in [3.63, 3.8) is 0 Å². The van der Waals surface area contributed by atoms with Crippen LogP contribution in [0, 0.1) is 0 Å². The summed E-state index contributed by atoms with van der Waals surface area (Å²) in [6.45, 7) is 12.3. The third-order valence-electron chi connectivity index (χ3n) is 5.49. The van der Waals surface area contributed by atoms with Crippen molar-refractivity contribution >= 4 is 23.6 Å². The van der Waals surface area contributed by atoms with E-state index in [2.05, 4.69) is 0 Å². The molecule has 2 atom stereocenters. The summed E-state index contributed by atoms with van der Waals surface area (Å²) >= 11 is 1.51. The first-order chi connectivity index (χ1) is 13.2. The predicted molar refractivity (Wildman–Crippen MR) is 115 cm³/mol. The monoisotopic (exact) mass is 418 g/mol. The van der Waals surface area contributed by atoms with Crippen LogP contribution in [0.2, 0.25) is 0 Å². The molecule has 1 fully saturated rings. The molecule has 2 heterocycles. The smallest absolute Gasteiger partial charge is 0.352 e. The molecular weight excluding hydrogens is 388 g/mol. The van der Waals surface area contributed by atoms with Crippen LogP contribution in [0.25, 0.3) is 0 Å². The number of amides is 1. The number of rotatable bonds is 3. The second-order valence-electron chi connectivity index (χ2n) is 9.91. The minimum absolute atomic E-state index is 0.0585. The number of hydrogen-bond acceptors (Lipinski definition) is 5. The van der Waals surface area contributed by atoms with E-state index in [-0.39, 0.29) is 27.8 Å². The van der Waals surface area contributed by atoms with Crippen molar-refractivity contribution in [3.05, 3.63) is 40.1 Å². The van der Waals surface area contributed by atoms with Gasteiger partial charge in [-0.3, -0.25) is 9.69 Å². The first-order valence-corrected chi connectivity index (χ1v) is 10.8. The van der Waals surface area contributed by atoms with Gasteiger partial charge in [-0.25, -0.2) is 4.79 Å². The van der Waals surface area contributed by atoms with Gasteiger partial charge in [0.2, 0.25) is 5.91 Å². The molecular formula is C22H30N2O4S. The molecule has 0 spiro atoms. The van der Waals surface area contributed by atoms with Crippen molar-refractivity contribution < 1.29 is 19.8 Å². The molecule has 0 radical (unpaired) electrons. The van der Waals surface area contributed by atoms with Crippen molar-refractivity contribution in [2.24, 2.45) is 5.73 Å². The van der Waals surface area contributed by atoms with Crippen LogP contribution in [0.5, 0.6) is 5.75 Å². The van der Waals surface area contributed by atoms with Crippen LogP contribution in [-0.2, 0) is 26.8 Å². The van der Waals surface area contributed by atoms with Crippen LogP contribution in [0.15, 0.2) is 23.4 Å². The number of aromatic hydroxyl groups is 1. The van der Waals surface area contributed by atoms with Crippen molar-refractivity contribution in [1.82, 2.24) is 4.90 Å². The Labute approximate surface area is 176 Å². The molecule has 2 aliphatic heterocycles. The third kappa shape index (κ3) is 3.78. The Hall–Kier alpha value is -1.99. The largest absolute Gasteiger partial charge is 0.507 e. The Morgan fingerprint density at radius 2 is 1.69 bits per heavy atom. The summed E-state index contributed by atoms with van der Waals surface area (Å²) in [6, 6.07) is 3.28. The van der Waals surface area contributed by atoms with Crippen molar-refractivity contribution in [2.75, 3.05) is 5.75 Å².